The Morgan fingerprint density at radius 1 is 0.897 bits per heavy atom. The van der Waals surface area contributed by atoms with E-state index < -0.39 is 17.9 Å². The van der Waals surface area contributed by atoms with Crippen molar-refractivity contribution in [3.05, 3.63) is 108 Å². The van der Waals surface area contributed by atoms with Gasteiger partial charge in [0.05, 0.1) is 5.92 Å². The van der Waals surface area contributed by atoms with Crippen LogP contribution in [0.1, 0.15) is 68.1 Å². The standard InChI is InChI=1S/C34H40N2O3/c1-34(21-11-12-22-34)36(23-13-16-26-14-5-2-6-15-26)29-24-30(33(38)39)35(25-29)32(37)31(27-17-7-3-8-18-27)28-19-9-4-10-20-28/h2-10,14-15,17-20,29-31H,11-13,16,21-25H2,1H3,(H,38,39)/t29-,30-/m0/s1. The Balaban J connectivity index is 1.41. The van der Waals surface area contributed by atoms with Crippen LogP contribution in [0.25, 0.3) is 0 Å². The molecule has 2 aliphatic rings. The minimum Gasteiger partial charge on any atom is -0.480 e. The van der Waals surface area contributed by atoms with Gasteiger partial charge in [0.2, 0.25) is 5.91 Å². The summed E-state index contributed by atoms with van der Waals surface area (Å²) in [5, 5.41) is 10.3. The maximum absolute atomic E-state index is 14.3. The minimum atomic E-state index is -0.911. The maximum atomic E-state index is 14.3. The molecule has 2 atom stereocenters. The van der Waals surface area contributed by atoms with Crippen LogP contribution >= 0.6 is 0 Å². The Morgan fingerprint density at radius 3 is 1.97 bits per heavy atom. The molecule has 2 fully saturated rings. The fraction of sp³-hybridized carbons (Fsp3) is 0.412. The van der Waals surface area contributed by atoms with E-state index >= 15 is 0 Å². The van der Waals surface area contributed by atoms with Crippen molar-refractivity contribution in [3.8, 4) is 0 Å². The Hall–Kier alpha value is -3.44. The van der Waals surface area contributed by atoms with Crippen LogP contribution in [-0.4, -0.2) is 57.5 Å². The SMILES string of the molecule is CC1(N(CCCc2ccccc2)[C@H]2C[C@@H](C(=O)O)N(C(=O)C(c3ccccc3)c3ccccc3)C2)CCCC1. The van der Waals surface area contributed by atoms with E-state index in [0.29, 0.717) is 13.0 Å². The van der Waals surface area contributed by atoms with Crippen molar-refractivity contribution in [3.63, 3.8) is 0 Å². The van der Waals surface area contributed by atoms with Crippen LogP contribution in [0, 0.1) is 0 Å². The summed E-state index contributed by atoms with van der Waals surface area (Å²) in [6, 6.07) is 29.3. The quantitative estimate of drug-likeness (QED) is 0.346. The zero-order valence-electron chi connectivity index (χ0n) is 22.9. The molecule has 1 aliphatic heterocycles. The number of likely N-dealkylation sites (tertiary alicyclic amines) is 1. The predicted octanol–water partition coefficient (Wildman–Crippen LogP) is 6.14. The highest BCUT2D eigenvalue weighted by Crippen LogP contribution is 2.40. The van der Waals surface area contributed by atoms with Crippen LogP contribution in [0.15, 0.2) is 91.0 Å². The third kappa shape index (κ3) is 6.09. The minimum absolute atomic E-state index is 0.0288. The van der Waals surface area contributed by atoms with E-state index in [-0.39, 0.29) is 17.5 Å². The molecule has 0 aromatic heterocycles. The van der Waals surface area contributed by atoms with Crippen LogP contribution < -0.4 is 0 Å². The number of carbonyl (C=O) groups excluding carboxylic acids is 1. The molecule has 1 amide bonds. The van der Waals surface area contributed by atoms with Crippen molar-refractivity contribution in [1.29, 1.82) is 0 Å². The van der Waals surface area contributed by atoms with Crippen LogP contribution in [0.4, 0.5) is 0 Å². The molecule has 1 heterocycles. The van der Waals surface area contributed by atoms with Gasteiger partial charge in [-0.25, -0.2) is 4.79 Å². The average molecular weight is 525 g/mol. The van der Waals surface area contributed by atoms with Gasteiger partial charge in [-0.1, -0.05) is 104 Å². The number of hydrogen-bond acceptors (Lipinski definition) is 3. The number of carboxylic acid groups (broad SMARTS) is 1. The molecule has 3 aromatic rings. The van der Waals surface area contributed by atoms with E-state index in [1.54, 1.807) is 4.90 Å². The average Bonchev–Trinajstić information content (AvgIpc) is 3.61. The van der Waals surface area contributed by atoms with E-state index in [1.807, 2.05) is 66.7 Å². The second kappa shape index (κ2) is 12.2. The predicted molar refractivity (Wildman–Crippen MR) is 155 cm³/mol. The number of aliphatic carboxylic acids is 1. The van der Waals surface area contributed by atoms with Gasteiger partial charge < -0.3 is 10.0 Å². The van der Waals surface area contributed by atoms with Crippen LogP contribution in [0.5, 0.6) is 0 Å². The highest BCUT2D eigenvalue weighted by molar-refractivity contribution is 5.91. The Labute approximate surface area is 232 Å². The van der Waals surface area contributed by atoms with Gasteiger partial charge in [-0.05, 0) is 62.3 Å². The first-order valence-electron chi connectivity index (χ1n) is 14.4. The summed E-state index contributed by atoms with van der Waals surface area (Å²) in [4.78, 5) is 31.1. The molecule has 5 heteroatoms. The van der Waals surface area contributed by atoms with Gasteiger partial charge in [-0.2, -0.15) is 0 Å². The molecule has 0 spiro atoms. The summed E-state index contributed by atoms with van der Waals surface area (Å²) in [6.07, 6.45) is 7.13. The molecule has 3 aromatic carbocycles. The third-order valence-electron chi connectivity index (χ3n) is 8.88. The highest BCUT2D eigenvalue weighted by Gasteiger charge is 2.48. The fourth-order valence-corrected chi connectivity index (χ4v) is 6.87. The molecule has 5 rings (SSSR count). The van der Waals surface area contributed by atoms with Gasteiger partial charge in [-0.3, -0.25) is 9.69 Å². The maximum Gasteiger partial charge on any atom is 0.326 e. The van der Waals surface area contributed by atoms with E-state index in [2.05, 4.69) is 36.1 Å². The number of rotatable bonds is 10. The number of aryl methyl sites for hydroxylation is 1. The van der Waals surface area contributed by atoms with Crippen molar-refractivity contribution < 1.29 is 14.7 Å². The van der Waals surface area contributed by atoms with E-state index in [4.69, 9.17) is 0 Å². The van der Waals surface area contributed by atoms with E-state index in [0.717, 1.165) is 43.4 Å². The monoisotopic (exact) mass is 524 g/mol. The zero-order valence-corrected chi connectivity index (χ0v) is 22.9. The molecular weight excluding hydrogens is 484 g/mol. The number of nitrogens with zero attached hydrogens (tertiary/aromatic N) is 2. The summed E-state index contributed by atoms with van der Waals surface area (Å²) < 4.78 is 0. The second-order valence-electron chi connectivity index (χ2n) is 11.5. The molecule has 0 radical (unpaired) electrons. The summed E-state index contributed by atoms with van der Waals surface area (Å²) in [6.45, 7) is 3.71. The van der Waals surface area contributed by atoms with Gasteiger partial charge in [0.15, 0.2) is 0 Å². The zero-order chi connectivity index (χ0) is 27.2. The fourth-order valence-electron chi connectivity index (χ4n) is 6.87. The first kappa shape index (κ1) is 27.1. The lowest BCUT2D eigenvalue weighted by molar-refractivity contribution is -0.148. The van der Waals surface area contributed by atoms with Crippen molar-refractivity contribution in [2.75, 3.05) is 13.1 Å². The Bertz CT molecular complexity index is 1190. The number of hydrogen-bond donors (Lipinski definition) is 1. The molecule has 1 aliphatic carbocycles. The summed E-state index contributed by atoms with van der Waals surface area (Å²) >= 11 is 0. The third-order valence-corrected chi connectivity index (χ3v) is 8.88. The Morgan fingerprint density at radius 2 is 1.44 bits per heavy atom. The van der Waals surface area contributed by atoms with Crippen molar-refractivity contribution in [1.82, 2.24) is 9.80 Å². The number of benzene rings is 3. The first-order valence-corrected chi connectivity index (χ1v) is 14.4. The van der Waals surface area contributed by atoms with Gasteiger partial charge in [0, 0.05) is 18.1 Å². The number of amides is 1. The van der Waals surface area contributed by atoms with Crippen molar-refractivity contribution >= 4 is 11.9 Å². The molecule has 1 saturated carbocycles. The van der Waals surface area contributed by atoms with E-state index in [1.165, 1.54) is 18.4 Å². The molecule has 5 nitrogen and oxygen atoms in total. The first-order chi connectivity index (χ1) is 19.0. The topological polar surface area (TPSA) is 60.9 Å². The smallest absolute Gasteiger partial charge is 0.326 e. The summed E-state index contributed by atoms with van der Waals surface area (Å²) in [7, 11) is 0. The van der Waals surface area contributed by atoms with Gasteiger partial charge in [0.1, 0.15) is 6.04 Å². The van der Waals surface area contributed by atoms with Crippen LogP contribution in [0.3, 0.4) is 0 Å². The highest BCUT2D eigenvalue weighted by atomic mass is 16.4. The normalized spacial score (nSPS) is 20.5. The van der Waals surface area contributed by atoms with Crippen LogP contribution in [-0.2, 0) is 16.0 Å². The lowest BCUT2D eigenvalue weighted by Crippen LogP contribution is -2.52. The molecule has 1 saturated heterocycles. The molecule has 0 unspecified atom stereocenters. The molecule has 39 heavy (non-hydrogen) atoms. The lowest BCUT2D eigenvalue weighted by atomic mass is 9.90. The Kier molecular flexibility index (Phi) is 8.47. The van der Waals surface area contributed by atoms with Crippen molar-refractivity contribution in [2.45, 2.75) is 75.4 Å². The molecule has 204 valence electrons. The van der Waals surface area contributed by atoms with Crippen LogP contribution in [0.2, 0.25) is 0 Å². The largest absolute Gasteiger partial charge is 0.480 e. The summed E-state index contributed by atoms with van der Waals surface area (Å²) in [5.74, 6) is -1.56. The second-order valence-corrected chi connectivity index (χ2v) is 11.5. The lowest BCUT2D eigenvalue weighted by Gasteiger charge is -2.43. The molecule has 1 N–H and O–H groups in total. The van der Waals surface area contributed by atoms with Gasteiger partial charge in [-0.15, -0.1) is 0 Å². The van der Waals surface area contributed by atoms with E-state index in [9.17, 15) is 14.7 Å². The van der Waals surface area contributed by atoms with Gasteiger partial charge in [0.25, 0.3) is 0 Å². The summed E-state index contributed by atoms with van der Waals surface area (Å²) in [5.41, 5.74) is 3.16. The van der Waals surface area contributed by atoms with Gasteiger partial charge >= 0.3 is 5.97 Å². The molecular formula is C34H40N2O3. The molecule has 0 bridgehead atoms. The number of carbonyl (C=O) groups is 2. The van der Waals surface area contributed by atoms with Crippen molar-refractivity contribution in [2.24, 2.45) is 0 Å². The number of carboxylic acids is 1.